The smallest absolute Gasteiger partial charge is 0.251 e. The van der Waals surface area contributed by atoms with Gasteiger partial charge in [0.05, 0.1) is 5.75 Å². The monoisotopic (exact) mass is 321 g/mol. The number of hydrogen-bond acceptors (Lipinski definition) is 4. The van der Waals surface area contributed by atoms with Crippen LogP contribution in [0.1, 0.15) is 13.8 Å². The van der Waals surface area contributed by atoms with Crippen LogP contribution in [0.25, 0.3) is 0 Å². The SMILES string of the molecule is CN1CC2(C)CN(C(=O)CSc3cccc[n+]3[O-])CC2(C)C1. The molecule has 2 aliphatic rings. The molecule has 0 radical (unpaired) electrons. The molecule has 0 saturated carbocycles. The van der Waals surface area contributed by atoms with Crippen molar-refractivity contribution >= 4 is 17.7 Å². The predicted molar refractivity (Wildman–Crippen MR) is 86.4 cm³/mol. The van der Waals surface area contributed by atoms with E-state index in [0.29, 0.717) is 10.8 Å². The first-order valence-corrected chi connectivity index (χ1v) is 8.59. The molecule has 3 rings (SSSR count). The van der Waals surface area contributed by atoms with Crippen molar-refractivity contribution in [3.8, 4) is 0 Å². The second-order valence-corrected chi connectivity index (χ2v) is 8.19. The predicted octanol–water partition coefficient (Wildman–Crippen LogP) is 1.21. The maximum Gasteiger partial charge on any atom is 0.251 e. The fourth-order valence-electron chi connectivity index (χ4n) is 3.94. The number of nitrogens with zero attached hydrogens (tertiary/aromatic N) is 3. The average molecular weight is 321 g/mol. The normalized spacial score (nSPS) is 31.5. The molecule has 1 aromatic heterocycles. The number of likely N-dealkylation sites (tertiary alicyclic amines) is 2. The summed E-state index contributed by atoms with van der Waals surface area (Å²) in [4.78, 5) is 16.9. The van der Waals surface area contributed by atoms with Crippen molar-refractivity contribution in [2.45, 2.75) is 18.9 Å². The molecule has 5 nitrogen and oxygen atoms in total. The van der Waals surface area contributed by atoms with Crippen molar-refractivity contribution in [2.75, 3.05) is 39.0 Å². The number of rotatable bonds is 3. The van der Waals surface area contributed by atoms with E-state index in [1.54, 1.807) is 12.1 Å². The van der Waals surface area contributed by atoms with E-state index < -0.39 is 0 Å². The van der Waals surface area contributed by atoms with Gasteiger partial charge in [0.25, 0.3) is 5.03 Å². The van der Waals surface area contributed by atoms with Gasteiger partial charge >= 0.3 is 0 Å². The van der Waals surface area contributed by atoms with E-state index in [1.165, 1.54) is 18.0 Å². The number of fused-ring (bicyclic) bond motifs is 1. The van der Waals surface area contributed by atoms with Crippen LogP contribution in [0, 0.1) is 16.0 Å². The number of aromatic nitrogens is 1. The molecule has 1 aromatic rings. The summed E-state index contributed by atoms with van der Waals surface area (Å²) in [7, 11) is 2.15. The Morgan fingerprint density at radius 2 is 1.91 bits per heavy atom. The molecule has 0 bridgehead atoms. The third-order valence-corrected chi connectivity index (χ3v) is 6.26. The zero-order valence-electron chi connectivity index (χ0n) is 13.4. The third-order valence-electron chi connectivity index (χ3n) is 5.26. The highest BCUT2D eigenvalue weighted by molar-refractivity contribution is 7.99. The fourth-order valence-corrected chi connectivity index (χ4v) is 4.75. The number of amides is 1. The molecule has 6 heteroatoms. The number of thioether (sulfide) groups is 1. The molecule has 120 valence electrons. The van der Waals surface area contributed by atoms with Gasteiger partial charge in [0.2, 0.25) is 5.91 Å². The lowest BCUT2D eigenvalue weighted by atomic mass is 9.71. The van der Waals surface area contributed by atoms with Gasteiger partial charge in [-0.2, -0.15) is 4.73 Å². The number of hydrogen-bond donors (Lipinski definition) is 0. The van der Waals surface area contributed by atoms with Crippen LogP contribution in [-0.4, -0.2) is 54.7 Å². The first-order valence-electron chi connectivity index (χ1n) is 7.60. The molecule has 0 aromatic carbocycles. The Bertz CT molecular complexity index is 577. The second kappa shape index (κ2) is 5.42. The maximum atomic E-state index is 12.5. The molecular weight excluding hydrogens is 298 g/mol. The van der Waals surface area contributed by atoms with Crippen LogP contribution in [0.3, 0.4) is 0 Å². The minimum atomic E-state index is 0.133. The lowest BCUT2D eigenvalue weighted by Gasteiger charge is -2.30. The topological polar surface area (TPSA) is 50.5 Å². The van der Waals surface area contributed by atoms with Gasteiger partial charge in [0.1, 0.15) is 0 Å². The summed E-state index contributed by atoms with van der Waals surface area (Å²) in [6.07, 6.45) is 1.46. The number of pyridine rings is 1. The highest BCUT2D eigenvalue weighted by atomic mass is 32.2. The van der Waals surface area contributed by atoms with E-state index in [2.05, 4.69) is 25.8 Å². The highest BCUT2D eigenvalue weighted by Gasteiger charge is 2.57. The molecule has 0 spiro atoms. The molecule has 2 fully saturated rings. The van der Waals surface area contributed by atoms with Gasteiger partial charge in [-0.1, -0.05) is 13.8 Å². The maximum absolute atomic E-state index is 12.5. The Hall–Kier alpha value is -1.27. The molecule has 1 amide bonds. The minimum absolute atomic E-state index is 0.133. The van der Waals surface area contributed by atoms with Crippen molar-refractivity contribution in [3.63, 3.8) is 0 Å². The zero-order chi connectivity index (χ0) is 16.0. The summed E-state index contributed by atoms with van der Waals surface area (Å²) in [5.74, 6) is 0.460. The minimum Gasteiger partial charge on any atom is -0.618 e. The van der Waals surface area contributed by atoms with E-state index in [1.807, 2.05) is 11.0 Å². The van der Waals surface area contributed by atoms with E-state index in [-0.39, 0.29) is 16.7 Å². The van der Waals surface area contributed by atoms with Gasteiger partial charge < -0.3 is 15.0 Å². The zero-order valence-corrected chi connectivity index (χ0v) is 14.2. The molecule has 22 heavy (non-hydrogen) atoms. The Labute approximate surface area is 135 Å². The molecule has 2 unspecified atom stereocenters. The first-order chi connectivity index (χ1) is 10.3. The van der Waals surface area contributed by atoms with Crippen LogP contribution in [-0.2, 0) is 4.79 Å². The molecule has 0 aliphatic carbocycles. The van der Waals surface area contributed by atoms with Crippen molar-refractivity contribution in [2.24, 2.45) is 10.8 Å². The van der Waals surface area contributed by atoms with Gasteiger partial charge in [0, 0.05) is 49.1 Å². The summed E-state index contributed by atoms with van der Waals surface area (Å²) < 4.78 is 0.814. The standard InChI is InChI=1S/C16H23N3O2S/c1-15-9-17(3)10-16(15,2)12-18(11-15)13(20)8-22-14-6-4-5-7-19(14)21/h4-7H,8-12H2,1-3H3. The van der Waals surface area contributed by atoms with Crippen molar-refractivity contribution in [1.29, 1.82) is 0 Å². The van der Waals surface area contributed by atoms with Gasteiger partial charge in [-0.3, -0.25) is 4.79 Å². The van der Waals surface area contributed by atoms with E-state index in [4.69, 9.17) is 0 Å². The van der Waals surface area contributed by atoms with Gasteiger partial charge in [0.15, 0.2) is 6.20 Å². The van der Waals surface area contributed by atoms with Gasteiger partial charge in [-0.05, 0) is 24.9 Å². The van der Waals surface area contributed by atoms with E-state index in [0.717, 1.165) is 30.9 Å². The largest absolute Gasteiger partial charge is 0.618 e. The van der Waals surface area contributed by atoms with E-state index >= 15 is 0 Å². The summed E-state index contributed by atoms with van der Waals surface area (Å²) in [6, 6.07) is 5.26. The molecule has 3 heterocycles. The summed E-state index contributed by atoms with van der Waals surface area (Å²) >= 11 is 1.32. The summed E-state index contributed by atoms with van der Waals surface area (Å²) in [5.41, 5.74) is 0.348. The quantitative estimate of drug-likeness (QED) is 0.477. The second-order valence-electron chi connectivity index (χ2n) is 7.20. The van der Waals surface area contributed by atoms with Crippen LogP contribution in [0.4, 0.5) is 0 Å². The Morgan fingerprint density at radius 3 is 2.50 bits per heavy atom. The van der Waals surface area contributed by atoms with Crippen molar-refractivity contribution in [3.05, 3.63) is 29.6 Å². The fraction of sp³-hybridized carbons (Fsp3) is 0.625. The molecule has 2 atom stereocenters. The van der Waals surface area contributed by atoms with Gasteiger partial charge in [-0.15, -0.1) is 0 Å². The Kier molecular flexibility index (Phi) is 3.85. The lowest BCUT2D eigenvalue weighted by molar-refractivity contribution is -0.645. The van der Waals surface area contributed by atoms with Crippen LogP contribution < -0.4 is 4.73 Å². The van der Waals surface area contributed by atoms with Gasteiger partial charge in [-0.25, -0.2) is 0 Å². The molecule has 2 aliphatic heterocycles. The average Bonchev–Trinajstić information content (AvgIpc) is 2.80. The van der Waals surface area contributed by atoms with Crippen molar-refractivity contribution < 1.29 is 9.52 Å². The van der Waals surface area contributed by atoms with Crippen LogP contribution in [0.5, 0.6) is 0 Å². The van der Waals surface area contributed by atoms with Crippen LogP contribution in [0.15, 0.2) is 29.4 Å². The Morgan fingerprint density at radius 1 is 1.27 bits per heavy atom. The third kappa shape index (κ3) is 2.58. The van der Waals surface area contributed by atoms with E-state index in [9.17, 15) is 10.0 Å². The molecule has 0 N–H and O–H groups in total. The summed E-state index contributed by atoms with van der Waals surface area (Å²) in [6.45, 7) is 8.30. The number of carbonyl (C=O) groups excluding carboxylic acids is 1. The van der Waals surface area contributed by atoms with Crippen LogP contribution >= 0.6 is 11.8 Å². The Balaban J connectivity index is 1.62. The van der Waals surface area contributed by atoms with Crippen LogP contribution in [0.2, 0.25) is 0 Å². The summed E-state index contributed by atoms with van der Waals surface area (Å²) in [5, 5.41) is 12.2. The van der Waals surface area contributed by atoms with Crippen molar-refractivity contribution in [1.82, 2.24) is 9.80 Å². The molecular formula is C16H23N3O2S. The highest BCUT2D eigenvalue weighted by Crippen LogP contribution is 2.51. The first kappa shape index (κ1) is 15.6. The number of carbonyl (C=O) groups is 1. The molecule has 2 saturated heterocycles. The lowest BCUT2D eigenvalue weighted by Crippen LogP contribution is -2.36.